The van der Waals surface area contributed by atoms with E-state index >= 15 is 0 Å². The predicted octanol–water partition coefficient (Wildman–Crippen LogP) is -0.487. The van der Waals surface area contributed by atoms with Crippen LogP contribution in [0.1, 0.15) is 19.8 Å². The number of ether oxygens (including phenoxy) is 2. The number of amides is 1. The third-order valence-electron chi connectivity index (χ3n) is 5.81. The Balaban J connectivity index is 1.35. The molecule has 4 heterocycles. The highest BCUT2D eigenvalue weighted by Gasteiger charge is 2.56. The Morgan fingerprint density at radius 3 is 2.42 bits per heavy atom. The SMILES string of the molecule is CC1(C(=O)N2CC3(C2)CS(=O)(=O)[C@@H](CN2CCCC2)CO3)COC1. The summed E-state index contributed by atoms with van der Waals surface area (Å²) in [5.74, 6) is 0.0924. The first kappa shape index (κ1) is 16.8. The van der Waals surface area contributed by atoms with Gasteiger partial charge in [-0.05, 0) is 32.9 Å². The summed E-state index contributed by atoms with van der Waals surface area (Å²) in [7, 11) is -3.18. The number of hydrogen-bond acceptors (Lipinski definition) is 6. The summed E-state index contributed by atoms with van der Waals surface area (Å²) < 4.78 is 36.5. The molecule has 0 aromatic heterocycles. The largest absolute Gasteiger partial charge is 0.379 e. The Bertz CT molecular complexity index is 618. The predicted molar refractivity (Wildman–Crippen MR) is 87.4 cm³/mol. The molecule has 1 spiro atoms. The molecule has 4 fully saturated rings. The third kappa shape index (κ3) is 2.77. The van der Waals surface area contributed by atoms with E-state index in [4.69, 9.17) is 9.47 Å². The van der Waals surface area contributed by atoms with Crippen molar-refractivity contribution in [1.82, 2.24) is 9.80 Å². The van der Waals surface area contributed by atoms with Gasteiger partial charge in [0.15, 0.2) is 9.84 Å². The van der Waals surface area contributed by atoms with Crippen LogP contribution in [0, 0.1) is 5.41 Å². The lowest BCUT2D eigenvalue weighted by molar-refractivity contribution is -0.193. The second kappa shape index (κ2) is 5.65. The Hall–Kier alpha value is -0.700. The van der Waals surface area contributed by atoms with Crippen molar-refractivity contribution >= 4 is 15.7 Å². The summed E-state index contributed by atoms with van der Waals surface area (Å²) in [6, 6.07) is 0. The Morgan fingerprint density at radius 1 is 1.21 bits per heavy atom. The number of carbonyl (C=O) groups is 1. The molecule has 1 amide bonds. The Kier molecular flexibility index (Phi) is 3.95. The highest BCUT2D eigenvalue weighted by atomic mass is 32.2. The molecule has 4 saturated heterocycles. The molecule has 0 aliphatic carbocycles. The van der Waals surface area contributed by atoms with Crippen LogP contribution in [0.2, 0.25) is 0 Å². The summed E-state index contributed by atoms with van der Waals surface area (Å²) in [4.78, 5) is 16.4. The standard InChI is InChI=1S/C16H26N2O5S/c1-15(10-22-11-15)14(19)18-8-16(9-18)12-24(20,21)13(7-23-16)6-17-4-2-3-5-17/h13H,2-12H2,1H3/t13-/m0/s1. The van der Waals surface area contributed by atoms with E-state index in [-0.39, 0.29) is 18.3 Å². The molecule has 0 aromatic rings. The van der Waals surface area contributed by atoms with Crippen LogP contribution in [-0.2, 0) is 24.1 Å². The van der Waals surface area contributed by atoms with E-state index in [9.17, 15) is 13.2 Å². The smallest absolute Gasteiger partial charge is 0.233 e. The zero-order valence-corrected chi connectivity index (χ0v) is 15.0. The Labute approximate surface area is 143 Å². The van der Waals surface area contributed by atoms with Gasteiger partial charge in [-0.2, -0.15) is 0 Å². The van der Waals surface area contributed by atoms with E-state index < -0.39 is 26.1 Å². The van der Waals surface area contributed by atoms with E-state index in [1.165, 1.54) is 0 Å². The van der Waals surface area contributed by atoms with E-state index in [1.807, 2.05) is 6.92 Å². The third-order valence-corrected chi connectivity index (χ3v) is 8.04. The van der Waals surface area contributed by atoms with Crippen molar-refractivity contribution in [3.05, 3.63) is 0 Å². The van der Waals surface area contributed by atoms with Gasteiger partial charge in [-0.25, -0.2) is 8.42 Å². The fourth-order valence-corrected chi connectivity index (χ4v) is 6.16. The average molecular weight is 358 g/mol. The van der Waals surface area contributed by atoms with E-state index in [0.29, 0.717) is 32.8 Å². The monoisotopic (exact) mass is 358 g/mol. The molecule has 0 bridgehead atoms. The zero-order valence-electron chi connectivity index (χ0n) is 14.2. The second-order valence-corrected chi connectivity index (χ2v) is 10.4. The number of hydrogen-bond donors (Lipinski definition) is 0. The van der Waals surface area contributed by atoms with Crippen LogP contribution >= 0.6 is 0 Å². The number of sulfone groups is 1. The lowest BCUT2D eigenvalue weighted by Crippen LogP contribution is -2.73. The molecule has 8 heteroatoms. The maximum atomic E-state index is 12.7. The van der Waals surface area contributed by atoms with Crippen LogP contribution in [-0.4, -0.2) is 93.3 Å². The van der Waals surface area contributed by atoms with E-state index in [2.05, 4.69) is 4.90 Å². The molecule has 0 radical (unpaired) electrons. The number of carbonyl (C=O) groups excluding carboxylic acids is 1. The first-order valence-corrected chi connectivity index (χ1v) is 10.5. The van der Waals surface area contributed by atoms with Crippen molar-refractivity contribution in [2.24, 2.45) is 5.41 Å². The molecule has 136 valence electrons. The summed E-state index contributed by atoms with van der Waals surface area (Å²) in [5.41, 5.74) is -1.12. The first-order valence-electron chi connectivity index (χ1n) is 8.77. The summed E-state index contributed by atoms with van der Waals surface area (Å²) >= 11 is 0. The van der Waals surface area contributed by atoms with Crippen LogP contribution in [0.5, 0.6) is 0 Å². The highest BCUT2D eigenvalue weighted by molar-refractivity contribution is 7.92. The van der Waals surface area contributed by atoms with Crippen molar-refractivity contribution in [3.63, 3.8) is 0 Å². The van der Waals surface area contributed by atoms with Crippen LogP contribution in [0.25, 0.3) is 0 Å². The fraction of sp³-hybridized carbons (Fsp3) is 0.938. The van der Waals surface area contributed by atoms with Gasteiger partial charge in [0, 0.05) is 6.54 Å². The molecule has 4 aliphatic rings. The van der Waals surface area contributed by atoms with Gasteiger partial charge in [0.1, 0.15) is 5.60 Å². The lowest BCUT2D eigenvalue weighted by atomic mass is 9.83. The lowest BCUT2D eigenvalue weighted by Gasteiger charge is -2.54. The summed E-state index contributed by atoms with van der Waals surface area (Å²) in [6.45, 7) is 6.37. The topological polar surface area (TPSA) is 76.2 Å². The minimum Gasteiger partial charge on any atom is -0.379 e. The van der Waals surface area contributed by atoms with Gasteiger partial charge >= 0.3 is 0 Å². The van der Waals surface area contributed by atoms with Crippen LogP contribution in [0.3, 0.4) is 0 Å². The molecular weight excluding hydrogens is 332 g/mol. The number of likely N-dealkylation sites (tertiary alicyclic amines) is 2. The highest BCUT2D eigenvalue weighted by Crippen LogP contribution is 2.37. The first-order chi connectivity index (χ1) is 11.3. The van der Waals surface area contributed by atoms with Gasteiger partial charge in [-0.3, -0.25) is 4.79 Å². The molecule has 7 nitrogen and oxygen atoms in total. The molecule has 4 rings (SSSR count). The molecular formula is C16H26N2O5S. The summed E-state index contributed by atoms with van der Waals surface area (Å²) in [6.07, 6.45) is 2.30. The Morgan fingerprint density at radius 2 is 1.88 bits per heavy atom. The van der Waals surface area contributed by atoms with Crippen LogP contribution < -0.4 is 0 Å². The van der Waals surface area contributed by atoms with Crippen molar-refractivity contribution in [1.29, 1.82) is 0 Å². The molecule has 0 aromatic carbocycles. The van der Waals surface area contributed by atoms with Crippen LogP contribution in [0.15, 0.2) is 0 Å². The van der Waals surface area contributed by atoms with Gasteiger partial charge in [0.25, 0.3) is 0 Å². The van der Waals surface area contributed by atoms with E-state index in [1.54, 1.807) is 4.90 Å². The zero-order chi connectivity index (χ0) is 17.0. The van der Waals surface area contributed by atoms with Crippen LogP contribution in [0.4, 0.5) is 0 Å². The van der Waals surface area contributed by atoms with E-state index in [0.717, 1.165) is 25.9 Å². The van der Waals surface area contributed by atoms with Gasteiger partial charge in [0.05, 0.1) is 49.3 Å². The minimum atomic E-state index is -3.18. The van der Waals surface area contributed by atoms with Gasteiger partial charge < -0.3 is 19.3 Å². The van der Waals surface area contributed by atoms with Crippen molar-refractivity contribution in [3.8, 4) is 0 Å². The van der Waals surface area contributed by atoms with Crippen molar-refractivity contribution < 1.29 is 22.7 Å². The van der Waals surface area contributed by atoms with Crippen molar-refractivity contribution in [2.75, 3.05) is 58.3 Å². The van der Waals surface area contributed by atoms with Gasteiger partial charge in [0.2, 0.25) is 5.91 Å². The molecule has 0 N–H and O–H groups in total. The fourth-order valence-electron chi connectivity index (χ4n) is 4.21. The minimum absolute atomic E-state index is 0.0372. The number of nitrogens with zero attached hydrogens (tertiary/aromatic N) is 2. The average Bonchev–Trinajstić information content (AvgIpc) is 2.96. The van der Waals surface area contributed by atoms with Crippen molar-refractivity contribution in [2.45, 2.75) is 30.6 Å². The molecule has 0 saturated carbocycles. The second-order valence-electron chi connectivity index (χ2n) is 8.15. The van der Waals surface area contributed by atoms with Gasteiger partial charge in [-0.1, -0.05) is 0 Å². The molecule has 0 unspecified atom stereocenters. The maximum absolute atomic E-state index is 12.7. The quantitative estimate of drug-likeness (QED) is 0.678. The summed E-state index contributed by atoms with van der Waals surface area (Å²) in [5, 5.41) is -0.427. The maximum Gasteiger partial charge on any atom is 0.233 e. The molecule has 4 aliphatic heterocycles. The molecule has 24 heavy (non-hydrogen) atoms. The molecule has 1 atom stereocenters. The van der Waals surface area contributed by atoms with Gasteiger partial charge in [-0.15, -0.1) is 0 Å². The number of rotatable bonds is 3. The normalized spacial score (nSPS) is 33.9.